The van der Waals surface area contributed by atoms with Gasteiger partial charge < -0.3 is 15.5 Å². The van der Waals surface area contributed by atoms with Crippen molar-refractivity contribution in [2.75, 3.05) is 11.9 Å². The zero-order chi connectivity index (χ0) is 11.4. The van der Waals surface area contributed by atoms with E-state index >= 15 is 0 Å². The van der Waals surface area contributed by atoms with Crippen LogP contribution in [0.2, 0.25) is 5.02 Å². The quantitative estimate of drug-likeness (QED) is 0.794. The van der Waals surface area contributed by atoms with Crippen molar-refractivity contribution in [2.24, 2.45) is 0 Å². The van der Waals surface area contributed by atoms with Crippen molar-refractivity contribution in [1.82, 2.24) is 0 Å². The van der Waals surface area contributed by atoms with E-state index < -0.39 is 18.6 Å². The number of hydrogen-bond donors (Lipinski definition) is 3. The van der Waals surface area contributed by atoms with Gasteiger partial charge in [0.25, 0.3) is 0 Å². The smallest absolute Gasteiger partial charge is 0.328 e. The highest BCUT2D eigenvalue weighted by Gasteiger charge is 2.15. The largest absolute Gasteiger partial charge is 0.480 e. The van der Waals surface area contributed by atoms with Crippen LogP contribution >= 0.6 is 27.5 Å². The number of anilines is 1. The van der Waals surface area contributed by atoms with Gasteiger partial charge in [-0.3, -0.25) is 0 Å². The summed E-state index contributed by atoms with van der Waals surface area (Å²) in [6.07, 6.45) is 0. The van der Waals surface area contributed by atoms with Gasteiger partial charge in [0.1, 0.15) is 6.04 Å². The lowest BCUT2D eigenvalue weighted by atomic mass is 10.2. The van der Waals surface area contributed by atoms with Gasteiger partial charge in [0.05, 0.1) is 11.6 Å². The number of rotatable bonds is 4. The van der Waals surface area contributed by atoms with E-state index in [1.165, 1.54) is 0 Å². The molecule has 0 aromatic heterocycles. The number of carboxylic acids is 1. The SMILES string of the molecule is O=C(O)C(CO)Nc1ccc(Cl)c(Br)c1. The Kier molecular flexibility index (Phi) is 4.38. The Morgan fingerprint density at radius 3 is 2.73 bits per heavy atom. The second-order valence-corrected chi connectivity index (χ2v) is 4.11. The second kappa shape index (κ2) is 5.34. The van der Waals surface area contributed by atoms with E-state index in [0.717, 1.165) is 0 Å². The number of carboxylic acid groups (broad SMARTS) is 1. The van der Waals surface area contributed by atoms with Crippen molar-refractivity contribution in [3.63, 3.8) is 0 Å². The third-order valence-electron chi connectivity index (χ3n) is 1.74. The molecule has 0 aliphatic rings. The third kappa shape index (κ3) is 3.37. The fourth-order valence-electron chi connectivity index (χ4n) is 0.973. The average molecular weight is 295 g/mol. The summed E-state index contributed by atoms with van der Waals surface area (Å²) in [7, 11) is 0. The monoisotopic (exact) mass is 293 g/mol. The zero-order valence-electron chi connectivity index (χ0n) is 7.58. The Morgan fingerprint density at radius 1 is 1.60 bits per heavy atom. The highest BCUT2D eigenvalue weighted by atomic mass is 79.9. The number of nitrogens with one attached hydrogen (secondary N) is 1. The highest BCUT2D eigenvalue weighted by Crippen LogP contribution is 2.25. The standard InChI is InChI=1S/C9H9BrClNO3/c10-6-3-5(1-2-7(6)11)12-8(4-13)9(14)15/h1-3,8,12-13H,4H2,(H,14,15). The van der Waals surface area contributed by atoms with E-state index in [0.29, 0.717) is 15.2 Å². The minimum absolute atomic E-state index is 0.477. The topological polar surface area (TPSA) is 69.6 Å². The summed E-state index contributed by atoms with van der Waals surface area (Å²) in [5.74, 6) is -1.11. The molecule has 0 saturated heterocycles. The Labute approximate surface area is 100.0 Å². The Morgan fingerprint density at radius 2 is 2.27 bits per heavy atom. The average Bonchev–Trinajstić information content (AvgIpc) is 2.19. The van der Waals surface area contributed by atoms with E-state index in [2.05, 4.69) is 21.2 Å². The van der Waals surface area contributed by atoms with Gasteiger partial charge in [-0.1, -0.05) is 11.6 Å². The third-order valence-corrected chi connectivity index (χ3v) is 2.96. The lowest BCUT2D eigenvalue weighted by molar-refractivity contribution is -0.138. The molecule has 1 aromatic carbocycles. The number of benzene rings is 1. The molecular formula is C9H9BrClNO3. The summed E-state index contributed by atoms with van der Waals surface area (Å²) < 4.78 is 0.663. The molecule has 0 radical (unpaired) electrons. The first-order valence-corrected chi connectivity index (χ1v) is 5.27. The van der Waals surface area contributed by atoms with Crippen LogP contribution in [0.4, 0.5) is 5.69 Å². The van der Waals surface area contributed by atoms with E-state index in [-0.39, 0.29) is 0 Å². The maximum absolute atomic E-state index is 10.6. The minimum atomic E-state index is -1.11. The van der Waals surface area contributed by atoms with Crippen LogP contribution in [0.3, 0.4) is 0 Å². The summed E-state index contributed by atoms with van der Waals surface area (Å²) in [6, 6.07) is 3.90. The molecule has 1 rings (SSSR count). The molecule has 0 aliphatic carbocycles. The molecule has 0 saturated carbocycles. The Hall–Kier alpha value is -0.780. The number of carbonyl (C=O) groups is 1. The van der Waals surface area contributed by atoms with Crippen LogP contribution in [0.5, 0.6) is 0 Å². The van der Waals surface area contributed by atoms with Gasteiger partial charge >= 0.3 is 5.97 Å². The summed E-state index contributed by atoms with van der Waals surface area (Å²) in [4.78, 5) is 10.6. The maximum Gasteiger partial charge on any atom is 0.328 e. The number of halogens is 2. The maximum atomic E-state index is 10.6. The van der Waals surface area contributed by atoms with Crippen LogP contribution in [0.1, 0.15) is 0 Å². The number of aliphatic carboxylic acids is 1. The summed E-state index contributed by atoms with van der Waals surface area (Å²) in [6.45, 7) is -0.477. The first kappa shape index (κ1) is 12.3. The molecule has 82 valence electrons. The molecule has 6 heteroatoms. The Bertz CT molecular complexity index is 372. The van der Waals surface area contributed by atoms with Gasteiger partial charge in [-0.15, -0.1) is 0 Å². The van der Waals surface area contributed by atoms with Crippen molar-refractivity contribution >= 4 is 39.2 Å². The molecule has 0 amide bonds. The lowest BCUT2D eigenvalue weighted by Gasteiger charge is -2.13. The molecule has 1 unspecified atom stereocenters. The van der Waals surface area contributed by atoms with E-state index in [1.54, 1.807) is 18.2 Å². The molecule has 0 spiro atoms. The van der Waals surface area contributed by atoms with Crippen LogP contribution in [-0.2, 0) is 4.79 Å². The lowest BCUT2D eigenvalue weighted by Crippen LogP contribution is -2.32. The molecule has 1 aromatic rings. The van der Waals surface area contributed by atoms with Gasteiger partial charge in [-0.05, 0) is 34.1 Å². The number of aliphatic hydroxyl groups is 1. The molecule has 0 bridgehead atoms. The van der Waals surface area contributed by atoms with Gasteiger partial charge in [0, 0.05) is 10.2 Å². The number of hydrogen-bond acceptors (Lipinski definition) is 3. The van der Waals surface area contributed by atoms with Crippen LogP contribution in [0.25, 0.3) is 0 Å². The highest BCUT2D eigenvalue weighted by molar-refractivity contribution is 9.10. The normalized spacial score (nSPS) is 12.2. The van der Waals surface area contributed by atoms with Gasteiger partial charge in [0.15, 0.2) is 0 Å². The van der Waals surface area contributed by atoms with Gasteiger partial charge in [-0.2, -0.15) is 0 Å². The zero-order valence-corrected chi connectivity index (χ0v) is 9.92. The molecule has 3 N–H and O–H groups in total. The first-order chi connectivity index (χ1) is 7.04. The number of aliphatic hydroxyl groups excluding tert-OH is 1. The van der Waals surface area contributed by atoms with E-state index in [1.807, 2.05) is 0 Å². The second-order valence-electron chi connectivity index (χ2n) is 2.85. The van der Waals surface area contributed by atoms with Crippen molar-refractivity contribution in [3.8, 4) is 0 Å². The molecule has 0 heterocycles. The minimum Gasteiger partial charge on any atom is -0.480 e. The van der Waals surface area contributed by atoms with Crippen LogP contribution in [0, 0.1) is 0 Å². The van der Waals surface area contributed by atoms with Crippen molar-refractivity contribution in [1.29, 1.82) is 0 Å². The van der Waals surface area contributed by atoms with E-state index in [4.69, 9.17) is 21.8 Å². The fourth-order valence-corrected chi connectivity index (χ4v) is 1.47. The van der Waals surface area contributed by atoms with Crippen molar-refractivity contribution < 1.29 is 15.0 Å². The molecule has 0 fully saturated rings. The van der Waals surface area contributed by atoms with Gasteiger partial charge in [0.2, 0.25) is 0 Å². The first-order valence-electron chi connectivity index (χ1n) is 4.10. The molecule has 1 atom stereocenters. The summed E-state index contributed by atoms with van der Waals surface area (Å²) in [5.41, 5.74) is 0.577. The fraction of sp³-hybridized carbons (Fsp3) is 0.222. The van der Waals surface area contributed by atoms with Crippen LogP contribution in [-0.4, -0.2) is 28.8 Å². The van der Waals surface area contributed by atoms with Crippen LogP contribution in [0.15, 0.2) is 22.7 Å². The molecular weight excluding hydrogens is 285 g/mol. The predicted molar refractivity (Wildman–Crippen MR) is 61.3 cm³/mol. The van der Waals surface area contributed by atoms with Crippen molar-refractivity contribution in [2.45, 2.75) is 6.04 Å². The van der Waals surface area contributed by atoms with Gasteiger partial charge in [-0.25, -0.2) is 4.79 Å². The van der Waals surface area contributed by atoms with Crippen molar-refractivity contribution in [3.05, 3.63) is 27.7 Å². The predicted octanol–water partition coefficient (Wildman–Crippen LogP) is 1.96. The van der Waals surface area contributed by atoms with Crippen LogP contribution < -0.4 is 5.32 Å². The summed E-state index contributed by atoms with van der Waals surface area (Å²) in [5, 5.41) is 20.7. The summed E-state index contributed by atoms with van der Waals surface area (Å²) >= 11 is 8.99. The molecule has 15 heavy (non-hydrogen) atoms. The Balaban J connectivity index is 2.80. The molecule has 0 aliphatic heterocycles. The van der Waals surface area contributed by atoms with E-state index in [9.17, 15) is 4.79 Å². The molecule has 4 nitrogen and oxygen atoms in total.